The molecule has 0 saturated heterocycles. The molecule has 5 heteroatoms. The van der Waals surface area contributed by atoms with Crippen LogP contribution in [0.25, 0.3) is 11.0 Å². The molecule has 0 aromatic carbocycles. The number of pyridine rings is 1. The van der Waals surface area contributed by atoms with Crippen molar-refractivity contribution < 1.29 is 4.84 Å². The summed E-state index contributed by atoms with van der Waals surface area (Å²) in [5, 5.41) is 8.21. The molecule has 0 spiro atoms. The van der Waals surface area contributed by atoms with E-state index in [0.717, 1.165) is 11.0 Å². The lowest BCUT2D eigenvalue weighted by atomic mass is 10.2. The van der Waals surface area contributed by atoms with Crippen molar-refractivity contribution in [3.63, 3.8) is 0 Å². The summed E-state index contributed by atoms with van der Waals surface area (Å²) in [6.45, 7) is 0. The Hall–Kier alpha value is -1.88. The fourth-order valence-corrected chi connectivity index (χ4v) is 1.21. The summed E-state index contributed by atoms with van der Waals surface area (Å²) in [7, 11) is 0. The molecule has 0 aliphatic rings. The standard InChI is InChI=1S/C8H8N4O/c9-7(13-10)6-4-12-8-5(6)2-1-3-11-8/h1-4,9H,10H2,(H,11,12). The van der Waals surface area contributed by atoms with Crippen molar-refractivity contribution in [3.05, 3.63) is 30.1 Å². The highest BCUT2D eigenvalue weighted by Crippen LogP contribution is 2.15. The summed E-state index contributed by atoms with van der Waals surface area (Å²) >= 11 is 0. The summed E-state index contributed by atoms with van der Waals surface area (Å²) in [4.78, 5) is 11.3. The van der Waals surface area contributed by atoms with Crippen LogP contribution in [0.15, 0.2) is 24.5 Å². The minimum absolute atomic E-state index is 0.0701. The maximum atomic E-state index is 7.38. The van der Waals surface area contributed by atoms with Crippen molar-refractivity contribution in [1.82, 2.24) is 9.97 Å². The van der Waals surface area contributed by atoms with E-state index in [1.165, 1.54) is 0 Å². The van der Waals surface area contributed by atoms with E-state index in [1.807, 2.05) is 6.07 Å². The quantitative estimate of drug-likeness (QED) is 0.341. The predicted octanol–water partition coefficient (Wildman–Crippen LogP) is 0.779. The zero-order valence-corrected chi connectivity index (χ0v) is 6.74. The second-order valence-corrected chi connectivity index (χ2v) is 2.55. The lowest BCUT2D eigenvalue weighted by Crippen LogP contribution is -2.09. The Morgan fingerprint density at radius 1 is 1.62 bits per heavy atom. The summed E-state index contributed by atoms with van der Waals surface area (Å²) in [5.74, 6) is 4.83. The minimum atomic E-state index is -0.0701. The van der Waals surface area contributed by atoms with Gasteiger partial charge in [0.25, 0.3) is 0 Å². The molecule has 5 nitrogen and oxygen atoms in total. The Labute approximate surface area is 74.0 Å². The topological polar surface area (TPSA) is 87.8 Å². The van der Waals surface area contributed by atoms with Gasteiger partial charge in [-0.05, 0) is 12.1 Å². The van der Waals surface area contributed by atoms with Crippen molar-refractivity contribution in [1.29, 1.82) is 5.41 Å². The van der Waals surface area contributed by atoms with Crippen LogP contribution in [-0.4, -0.2) is 15.9 Å². The monoisotopic (exact) mass is 176 g/mol. The van der Waals surface area contributed by atoms with Gasteiger partial charge in [-0.2, -0.15) is 5.90 Å². The zero-order chi connectivity index (χ0) is 9.26. The van der Waals surface area contributed by atoms with Crippen molar-refractivity contribution in [2.45, 2.75) is 0 Å². The first-order chi connectivity index (χ1) is 6.33. The lowest BCUT2D eigenvalue weighted by Gasteiger charge is -1.97. The van der Waals surface area contributed by atoms with Crippen LogP contribution in [-0.2, 0) is 4.84 Å². The Bertz CT molecular complexity index is 448. The van der Waals surface area contributed by atoms with E-state index in [2.05, 4.69) is 14.8 Å². The second-order valence-electron chi connectivity index (χ2n) is 2.55. The highest BCUT2D eigenvalue weighted by atomic mass is 16.6. The molecule has 13 heavy (non-hydrogen) atoms. The Kier molecular flexibility index (Phi) is 1.71. The molecule has 2 heterocycles. The highest BCUT2D eigenvalue weighted by molar-refractivity contribution is 6.04. The van der Waals surface area contributed by atoms with Gasteiger partial charge in [0, 0.05) is 17.8 Å². The summed E-state index contributed by atoms with van der Waals surface area (Å²) in [6, 6.07) is 3.64. The molecule has 0 aliphatic carbocycles. The van der Waals surface area contributed by atoms with Gasteiger partial charge < -0.3 is 9.82 Å². The Balaban J connectivity index is 2.64. The van der Waals surface area contributed by atoms with E-state index >= 15 is 0 Å². The molecule has 66 valence electrons. The van der Waals surface area contributed by atoms with Gasteiger partial charge in [0.15, 0.2) is 0 Å². The average molecular weight is 176 g/mol. The average Bonchev–Trinajstić information content (AvgIpc) is 2.60. The minimum Gasteiger partial charge on any atom is -0.391 e. The molecule has 2 aromatic heterocycles. The molecule has 2 aromatic rings. The third kappa shape index (κ3) is 1.15. The largest absolute Gasteiger partial charge is 0.391 e. The van der Waals surface area contributed by atoms with Gasteiger partial charge in [0.1, 0.15) is 5.65 Å². The maximum Gasteiger partial charge on any atom is 0.239 e. The van der Waals surface area contributed by atoms with E-state index in [0.29, 0.717) is 5.56 Å². The number of hydrogen-bond donors (Lipinski definition) is 3. The smallest absolute Gasteiger partial charge is 0.239 e. The molecule has 0 radical (unpaired) electrons. The van der Waals surface area contributed by atoms with E-state index in [-0.39, 0.29) is 5.90 Å². The number of H-pyrrole nitrogens is 1. The third-order valence-corrected chi connectivity index (χ3v) is 1.81. The highest BCUT2D eigenvalue weighted by Gasteiger charge is 2.08. The summed E-state index contributed by atoms with van der Waals surface area (Å²) in [6.07, 6.45) is 3.32. The van der Waals surface area contributed by atoms with Crippen LogP contribution in [0.1, 0.15) is 5.56 Å². The fourth-order valence-electron chi connectivity index (χ4n) is 1.21. The summed E-state index contributed by atoms with van der Waals surface area (Å²) in [5.41, 5.74) is 1.34. The molecular weight excluding hydrogens is 168 g/mol. The van der Waals surface area contributed by atoms with Crippen molar-refractivity contribution in [2.24, 2.45) is 5.90 Å². The molecular formula is C8H8N4O. The Morgan fingerprint density at radius 3 is 3.23 bits per heavy atom. The zero-order valence-electron chi connectivity index (χ0n) is 6.74. The van der Waals surface area contributed by atoms with Crippen LogP contribution >= 0.6 is 0 Å². The van der Waals surface area contributed by atoms with Crippen LogP contribution in [0.5, 0.6) is 0 Å². The molecule has 0 aliphatic heterocycles. The van der Waals surface area contributed by atoms with Gasteiger partial charge in [0.2, 0.25) is 5.90 Å². The number of nitrogens with zero attached hydrogens (tertiary/aromatic N) is 1. The normalized spacial score (nSPS) is 10.2. The van der Waals surface area contributed by atoms with Crippen LogP contribution < -0.4 is 5.90 Å². The first-order valence-corrected chi connectivity index (χ1v) is 3.70. The molecule has 0 fully saturated rings. The second kappa shape index (κ2) is 2.87. The maximum absolute atomic E-state index is 7.38. The van der Waals surface area contributed by atoms with E-state index in [9.17, 15) is 0 Å². The molecule has 0 bridgehead atoms. The molecule has 0 atom stereocenters. The predicted molar refractivity (Wildman–Crippen MR) is 48.2 cm³/mol. The molecule has 0 unspecified atom stereocenters. The van der Waals surface area contributed by atoms with Gasteiger partial charge in [-0.1, -0.05) is 0 Å². The van der Waals surface area contributed by atoms with Crippen molar-refractivity contribution >= 4 is 16.9 Å². The first-order valence-electron chi connectivity index (χ1n) is 3.70. The van der Waals surface area contributed by atoms with Gasteiger partial charge in [-0.3, -0.25) is 5.41 Å². The van der Waals surface area contributed by atoms with Crippen molar-refractivity contribution in [3.8, 4) is 0 Å². The number of rotatable bonds is 1. The summed E-state index contributed by atoms with van der Waals surface area (Å²) < 4.78 is 0. The lowest BCUT2D eigenvalue weighted by molar-refractivity contribution is 0.319. The molecule has 4 N–H and O–H groups in total. The van der Waals surface area contributed by atoms with Crippen LogP contribution in [0.4, 0.5) is 0 Å². The van der Waals surface area contributed by atoms with E-state index in [4.69, 9.17) is 11.3 Å². The van der Waals surface area contributed by atoms with E-state index < -0.39 is 0 Å². The number of aromatic nitrogens is 2. The van der Waals surface area contributed by atoms with Gasteiger partial charge in [-0.15, -0.1) is 0 Å². The van der Waals surface area contributed by atoms with Gasteiger partial charge in [-0.25, -0.2) is 4.98 Å². The number of nitrogens with one attached hydrogen (secondary N) is 2. The molecule has 0 saturated carbocycles. The van der Waals surface area contributed by atoms with E-state index in [1.54, 1.807) is 18.5 Å². The number of hydrogen-bond acceptors (Lipinski definition) is 4. The van der Waals surface area contributed by atoms with Gasteiger partial charge in [0.05, 0.1) is 5.56 Å². The van der Waals surface area contributed by atoms with Gasteiger partial charge >= 0.3 is 0 Å². The fraction of sp³-hybridized carbons (Fsp3) is 0. The SMILES string of the molecule is N=C(ON)c1c[nH]c2ncccc12. The van der Waals surface area contributed by atoms with Crippen molar-refractivity contribution in [2.75, 3.05) is 0 Å². The number of nitrogens with two attached hydrogens (primary N) is 1. The molecule has 0 amide bonds. The first kappa shape index (κ1) is 7.75. The van der Waals surface area contributed by atoms with Crippen LogP contribution in [0.3, 0.4) is 0 Å². The number of fused-ring (bicyclic) bond motifs is 1. The third-order valence-electron chi connectivity index (χ3n) is 1.81. The Morgan fingerprint density at radius 2 is 2.46 bits per heavy atom. The number of aromatic amines is 1. The molecule has 2 rings (SSSR count). The van der Waals surface area contributed by atoms with Crippen LogP contribution in [0, 0.1) is 5.41 Å². The van der Waals surface area contributed by atoms with Crippen LogP contribution in [0.2, 0.25) is 0 Å².